The van der Waals surface area contributed by atoms with E-state index in [0.717, 1.165) is 45.7 Å². The van der Waals surface area contributed by atoms with Gasteiger partial charge in [-0.25, -0.2) is 75.0 Å². The van der Waals surface area contributed by atoms with Gasteiger partial charge in [-0.1, -0.05) is 80.6 Å². The van der Waals surface area contributed by atoms with Crippen LogP contribution < -0.4 is 0 Å². The van der Waals surface area contributed by atoms with Gasteiger partial charge in [0.2, 0.25) is 0 Å². The van der Waals surface area contributed by atoms with Gasteiger partial charge < -0.3 is 108 Å². The maximum atomic E-state index is 14.0. The number of furan rings is 2. The Bertz CT molecular complexity index is 8060. The number of aliphatic hydroxyl groups excluding tert-OH is 8. The van der Waals surface area contributed by atoms with Crippen LogP contribution in [0.5, 0.6) is 0 Å². The third-order valence-corrected chi connectivity index (χ3v) is 27.7. The number of aromatic amines is 8. The zero-order valence-electron chi connectivity index (χ0n) is 81.0. The highest BCUT2D eigenvalue weighted by molar-refractivity contribution is 7.17. The molecule has 0 radical (unpaired) electrons. The smallest absolute Gasteiger partial charge is 0.171 e. The molecule has 0 spiro atoms. The monoisotopic (exact) mass is 2070 g/mol. The number of aliphatic hydroxyl groups is 8. The lowest BCUT2D eigenvalue weighted by molar-refractivity contribution is 0.212. The minimum atomic E-state index is -0.968. The van der Waals surface area contributed by atoms with E-state index in [1.54, 1.807) is 210 Å². The third-order valence-electron chi connectivity index (χ3n) is 25.6. The Balaban J connectivity index is 0.000000112. The third kappa shape index (κ3) is 20.8. The molecule has 766 valence electrons. The van der Waals surface area contributed by atoms with Crippen molar-refractivity contribution < 1.29 is 84.8 Å². The van der Waals surface area contributed by atoms with Gasteiger partial charge >= 0.3 is 0 Å². The molecule has 0 saturated heterocycles. The molecule has 0 amide bonds. The van der Waals surface area contributed by atoms with Gasteiger partial charge in [0.1, 0.15) is 136 Å². The van der Waals surface area contributed by atoms with E-state index in [2.05, 4.69) is 79.7 Å². The lowest BCUT2D eigenvalue weighted by Gasteiger charge is -2.13. The van der Waals surface area contributed by atoms with Crippen LogP contribution >= 0.6 is 22.7 Å². The lowest BCUT2D eigenvalue weighted by atomic mass is 10.00. The Hall–Kier alpha value is -16.8. The van der Waals surface area contributed by atoms with E-state index in [0.29, 0.717) is 167 Å². The number of rotatable bonds is 19. The summed E-state index contributed by atoms with van der Waals surface area (Å²) in [5.41, 5.74) is 11.6. The van der Waals surface area contributed by atoms with Gasteiger partial charge in [-0.3, -0.25) is 0 Å². The molecule has 150 heavy (non-hydrogen) atoms. The molecule has 8 unspecified atom stereocenters. The second kappa shape index (κ2) is 45.3. The van der Waals surface area contributed by atoms with E-state index >= 15 is 0 Å². The summed E-state index contributed by atoms with van der Waals surface area (Å²) in [7, 11) is 5.46. The second-order valence-corrected chi connectivity index (χ2v) is 36.4. The van der Waals surface area contributed by atoms with E-state index in [1.807, 2.05) is 88.6 Å². The molecule has 9 aromatic carbocycles. The van der Waals surface area contributed by atoms with Gasteiger partial charge in [-0.2, -0.15) is 0 Å². The van der Waals surface area contributed by atoms with Gasteiger partial charge in [0.05, 0.1) is 37.7 Å². The van der Waals surface area contributed by atoms with Crippen molar-refractivity contribution >= 4 is 119 Å². The largest absolute Gasteiger partial charge is 0.461 e. The second-order valence-electron chi connectivity index (χ2n) is 34.6. The van der Waals surface area contributed by atoms with E-state index in [-0.39, 0.29) is 46.1 Å². The van der Waals surface area contributed by atoms with Crippen LogP contribution in [0.1, 0.15) is 177 Å². The maximum absolute atomic E-state index is 14.0. The molecule has 0 aliphatic heterocycles. The number of aromatic nitrogens is 20. The number of nitrogens with one attached hydrogen (secondary N) is 8. The highest BCUT2D eigenvalue weighted by Gasteiger charge is 2.30. The van der Waals surface area contributed by atoms with Crippen LogP contribution in [0.25, 0.3) is 96.7 Å². The van der Waals surface area contributed by atoms with Crippen LogP contribution in [0, 0.1) is 53.5 Å². The van der Waals surface area contributed by atoms with Crippen LogP contribution in [0.15, 0.2) is 295 Å². The normalized spacial score (nSPS) is 13.0. The quantitative estimate of drug-likeness (QED) is 0.0334. The van der Waals surface area contributed by atoms with E-state index < -0.39 is 60.5 Å². The number of nitrogens with zero attached hydrogens (tertiary/aromatic N) is 12. The fourth-order valence-corrected chi connectivity index (χ4v) is 20.5. The van der Waals surface area contributed by atoms with Gasteiger partial charge in [-0.15, -0.1) is 22.7 Å². The highest BCUT2D eigenvalue weighted by Crippen LogP contribution is 2.43. The number of aryl methyl sites for hydroxylation is 7. The van der Waals surface area contributed by atoms with Gasteiger partial charge in [-0.05, 0) is 155 Å². The Morgan fingerprint density at radius 1 is 0.300 bits per heavy atom. The number of fused-ring (bicyclic) bond motifs is 10. The van der Waals surface area contributed by atoms with Gasteiger partial charge in [0.25, 0.3) is 0 Å². The van der Waals surface area contributed by atoms with Crippen molar-refractivity contribution in [2.24, 2.45) is 21.1 Å². The molecule has 25 rings (SSSR count). The van der Waals surface area contributed by atoms with Crippen molar-refractivity contribution in [1.82, 2.24) is 98.0 Å². The molecule has 8 atom stereocenters. The molecule has 40 heteroatoms. The summed E-state index contributed by atoms with van der Waals surface area (Å²) >= 11 is 2.75. The van der Waals surface area contributed by atoms with Crippen molar-refractivity contribution in [2.75, 3.05) is 0 Å². The number of benzene rings is 9. The molecule has 0 aliphatic carbocycles. The Morgan fingerprint density at radius 3 is 0.893 bits per heavy atom. The first kappa shape index (κ1) is 103. The lowest BCUT2D eigenvalue weighted by Crippen LogP contribution is -2.05. The maximum Gasteiger partial charge on any atom is 0.171 e. The number of hydrogen-bond acceptors (Lipinski definition) is 20. The molecular weight excluding hydrogens is 1980 g/mol. The molecule has 16 heterocycles. The van der Waals surface area contributed by atoms with Crippen molar-refractivity contribution in [1.29, 1.82) is 0 Å². The zero-order valence-corrected chi connectivity index (χ0v) is 82.6. The summed E-state index contributed by atoms with van der Waals surface area (Å²) in [6.45, 7) is 8.55. The summed E-state index contributed by atoms with van der Waals surface area (Å²) in [5, 5.41) is 92.3. The van der Waals surface area contributed by atoms with Crippen LogP contribution in [-0.4, -0.2) is 139 Å². The SMILES string of the molecule is CCc1csc2c(F)ccc(C(O)c3ncc[nH]3)c12.CCc1csc2c(F)ccc(C(O)c3ncc[nH]3)c12.CCn1ccc2c(F)ccc(C(O)c3ncc[nH]3)c21.Cc1coc2c(F)ccc(C(O)c3ncc[nH]3)c12.Cn1ccc2c(F)ccc(C(O)c3ncc[nH]3)c21.Cn1ccc2c(F)ccc(C(O)c3ncc[nH]3)c21.Cn1ccc2c(F)ccc(C(O)c3ncc[nH]3)c21.OC(c1ncc[nH]1)c1ccc(F)c2oc3ccccc3c12. The van der Waals surface area contributed by atoms with Crippen molar-refractivity contribution in [3.8, 4) is 0 Å². The average molecular weight is 2080 g/mol. The number of thiophene rings is 2. The number of para-hydroxylation sites is 1. The van der Waals surface area contributed by atoms with Crippen LogP contribution in [0.3, 0.4) is 0 Å². The van der Waals surface area contributed by atoms with Crippen LogP contribution in [0.2, 0.25) is 0 Å². The summed E-state index contributed by atoms with van der Waals surface area (Å²) in [5.74, 6) is 1.06. The van der Waals surface area contributed by atoms with E-state index in [4.69, 9.17) is 8.83 Å². The molecule has 16 aromatic heterocycles. The molecule has 30 nitrogen and oxygen atoms in total. The Morgan fingerprint density at radius 2 is 0.573 bits per heavy atom. The summed E-state index contributed by atoms with van der Waals surface area (Å²) in [6, 6.07) is 37.7. The van der Waals surface area contributed by atoms with Crippen LogP contribution in [-0.2, 0) is 40.5 Å². The molecule has 0 aliphatic rings. The van der Waals surface area contributed by atoms with E-state index in [9.17, 15) is 76.0 Å². The molecule has 25 aromatic rings. The van der Waals surface area contributed by atoms with Crippen LogP contribution in [0.4, 0.5) is 35.1 Å². The predicted molar refractivity (Wildman–Crippen MR) is 554 cm³/mol. The standard InChI is InChI=1S/C16H11FN2O2.C14H14FN3O.2C14H13FN2OS.3C13H12FN3O.C13H11FN2O2/c17-11-6-5-10(14(20)16-18-7-8-19-16)13-9-3-1-2-4-12(9)21-15(11)13;1-2-18-8-5-9-11(15)4-3-10(12(9)18)13(19)14-16-6-7-17-14;2*1-2-8-7-19-13-10(15)4-3-9(11(8)13)12(18)14-16-5-6-17-14;3*1-17-7-4-8-10(14)3-2-9(11(8)17)12(18)13-15-5-6-16-13;1-7-6-18-12-9(14)3-2-8(10(7)12)11(17)13-15-4-5-16-13/h1-8,14,20H,(H,18,19);3-8,13,19H,2H2,1H3,(H,16,17);2*3-7,12,18H,2H2,1H3,(H,16,17);3*2-7,12,18H,1H3,(H,15,16);2-6,11,17H,1H3,(H,15,16). The number of halogens is 8. The fourth-order valence-electron chi connectivity index (χ4n) is 18.3. The summed E-state index contributed by atoms with van der Waals surface area (Å²) < 4.78 is 129. The number of imidazole rings is 8. The zero-order chi connectivity index (χ0) is 105. The molecule has 0 fully saturated rings. The predicted octanol–water partition coefficient (Wildman–Crippen LogP) is 22.0. The molecular formula is C110H98F8N20O10S2. The van der Waals surface area contributed by atoms with E-state index in [1.165, 1.54) is 77.5 Å². The number of H-pyrrole nitrogens is 8. The Labute approximate surface area is 855 Å². The Kier molecular flexibility index (Phi) is 31.1. The summed E-state index contributed by atoms with van der Waals surface area (Å²) in [4.78, 5) is 55.3. The first-order valence-corrected chi connectivity index (χ1v) is 48.9. The van der Waals surface area contributed by atoms with Crippen molar-refractivity contribution in [2.45, 2.75) is 95.9 Å². The molecule has 16 N–H and O–H groups in total. The minimum absolute atomic E-state index is 0.152. The first-order valence-electron chi connectivity index (χ1n) is 47.1. The first-order chi connectivity index (χ1) is 72.6. The fraction of sp³-hybridized carbons (Fsp3) is 0.164. The highest BCUT2D eigenvalue weighted by atomic mass is 32.1. The van der Waals surface area contributed by atoms with Crippen molar-refractivity contribution in [3.63, 3.8) is 0 Å². The topological polar surface area (TPSA) is 437 Å². The summed E-state index contributed by atoms with van der Waals surface area (Å²) in [6.07, 6.45) is 28.8. The minimum Gasteiger partial charge on any atom is -0.461 e. The molecule has 0 bridgehead atoms. The number of hydrogen-bond donors (Lipinski definition) is 16. The van der Waals surface area contributed by atoms with Gasteiger partial charge in [0.15, 0.2) is 22.8 Å². The average Bonchev–Trinajstić information content (AvgIpc) is 1.60. The molecule has 0 saturated carbocycles. The van der Waals surface area contributed by atoms with Crippen molar-refractivity contribution in [3.05, 3.63) is 441 Å². The van der Waals surface area contributed by atoms with Gasteiger partial charge in [0, 0.05) is 222 Å².